The third-order valence-electron chi connectivity index (χ3n) is 5.70. The molecule has 6 nitrogen and oxygen atoms in total. The molecule has 0 bridgehead atoms. The first-order valence-electron chi connectivity index (χ1n) is 12.2. The van der Waals surface area contributed by atoms with Crippen LogP contribution in [0, 0.1) is 0 Å². The van der Waals surface area contributed by atoms with Gasteiger partial charge in [-0.25, -0.2) is 0 Å². The Kier molecular flexibility index (Phi) is 9.69. The third-order valence-corrected chi connectivity index (χ3v) is 7.43. The summed E-state index contributed by atoms with van der Waals surface area (Å²) >= 11 is 1.28. The lowest BCUT2D eigenvalue weighted by Crippen LogP contribution is -2.35. The van der Waals surface area contributed by atoms with Crippen LogP contribution in [-0.4, -0.2) is 27.1 Å². The predicted octanol–water partition coefficient (Wildman–Crippen LogP) is 7.41. The number of unbranched alkanes of at least 4 members (excludes halogenated alkanes) is 1. The van der Waals surface area contributed by atoms with Crippen molar-refractivity contribution in [1.29, 1.82) is 0 Å². The summed E-state index contributed by atoms with van der Waals surface area (Å²) in [6, 6.07) is 10.8. The van der Waals surface area contributed by atoms with Gasteiger partial charge in [0.1, 0.15) is 12.0 Å². The molecule has 3 rings (SSSR count). The van der Waals surface area contributed by atoms with Gasteiger partial charge in [-0.3, -0.25) is 14.3 Å². The molecule has 3 N–H and O–H groups in total. The summed E-state index contributed by atoms with van der Waals surface area (Å²) in [5.74, 6) is -0.206. The molecule has 0 atom stereocenters. The molecule has 0 aliphatic carbocycles. The van der Waals surface area contributed by atoms with E-state index in [-0.39, 0.29) is 16.6 Å². The fraction of sp³-hybridized carbons (Fsp3) is 0.464. The van der Waals surface area contributed by atoms with Crippen molar-refractivity contribution in [2.24, 2.45) is 0 Å². The van der Waals surface area contributed by atoms with E-state index in [1.54, 1.807) is 18.2 Å². The standard InChI is InChI=1S/C24H30NO5PS.C4H10/c1-23(2,3)16-11-15(12-17(21(16)26)24(4,5)6)13-20-22(27)25(14-31(28,29)30)18-9-7-8-10-19(18)32-20;1-3-4-2/h7-13,26H,14H2,1-6H3,(H2,28,29,30);3-4H2,1-2H3/b20-13-;. The molecule has 1 aliphatic rings. The van der Waals surface area contributed by atoms with Crippen molar-refractivity contribution >= 4 is 37.0 Å². The number of phenolic OH excluding ortho intramolecular Hbond substituents is 1. The Balaban J connectivity index is 0.00000106. The van der Waals surface area contributed by atoms with Gasteiger partial charge in [-0.15, -0.1) is 0 Å². The van der Waals surface area contributed by atoms with Gasteiger partial charge in [0.2, 0.25) is 0 Å². The molecular weight excluding hydrogens is 493 g/mol. The van der Waals surface area contributed by atoms with E-state index in [9.17, 15) is 24.3 Å². The Morgan fingerprint density at radius 2 is 1.44 bits per heavy atom. The van der Waals surface area contributed by atoms with E-state index in [0.29, 0.717) is 10.6 Å². The van der Waals surface area contributed by atoms with Crippen LogP contribution >= 0.6 is 19.4 Å². The first-order valence-corrected chi connectivity index (χ1v) is 14.8. The molecule has 1 amide bonds. The SMILES string of the molecule is CC(C)(C)c1cc(/C=C2\Sc3ccccc3N(CP(=O)(O)O)C2=O)cc(C(C)(C)C)c1O.CCCC. The monoisotopic (exact) mass is 533 g/mol. The maximum absolute atomic E-state index is 13.2. The fourth-order valence-corrected chi connectivity index (χ4v) is 5.33. The highest BCUT2D eigenvalue weighted by molar-refractivity contribution is 8.04. The molecular formula is C28H40NO5PS. The summed E-state index contributed by atoms with van der Waals surface area (Å²) in [6.45, 7) is 16.5. The number of nitrogens with zero attached hydrogens (tertiary/aromatic N) is 1. The summed E-state index contributed by atoms with van der Waals surface area (Å²) in [6.07, 6.45) is 3.69. The molecule has 0 unspecified atom stereocenters. The van der Waals surface area contributed by atoms with Gasteiger partial charge in [0.05, 0.1) is 10.6 Å². The number of aromatic hydroxyl groups is 1. The first-order chi connectivity index (χ1) is 16.5. The lowest BCUT2D eigenvalue weighted by atomic mass is 9.78. The van der Waals surface area contributed by atoms with Crippen LogP contribution < -0.4 is 4.90 Å². The van der Waals surface area contributed by atoms with Crippen LogP contribution in [0.2, 0.25) is 0 Å². The number of thioether (sulfide) groups is 1. The predicted molar refractivity (Wildman–Crippen MR) is 151 cm³/mol. The number of para-hydroxylation sites is 1. The molecule has 8 heteroatoms. The van der Waals surface area contributed by atoms with Crippen molar-refractivity contribution in [3.05, 3.63) is 58.0 Å². The Bertz CT molecular complexity index is 1130. The third kappa shape index (κ3) is 7.72. The number of amides is 1. The number of anilines is 1. The average molecular weight is 534 g/mol. The lowest BCUT2D eigenvalue weighted by molar-refractivity contribution is -0.114. The number of rotatable bonds is 4. The molecule has 36 heavy (non-hydrogen) atoms. The number of hydrogen-bond donors (Lipinski definition) is 3. The number of carbonyl (C=O) groups excluding carboxylic acids is 1. The molecule has 0 radical (unpaired) electrons. The molecule has 0 aromatic heterocycles. The number of phenols is 1. The van der Waals surface area contributed by atoms with Gasteiger partial charge in [-0.05, 0) is 46.7 Å². The second-order valence-electron chi connectivity index (χ2n) is 11.1. The van der Waals surface area contributed by atoms with E-state index >= 15 is 0 Å². The van der Waals surface area contributed by atoms with Gasteiger partial charge >= 0.3 is 7.60 Å². The van der Waals surface area contributed by atoms with E-state index in [2.05, 4.69) is 13.8 Å². The van der Waals surface area contributed by atoms with Crippen molar-refractivity contribution in [2.75, 3.05) is 11.2 Å². The molecule has 0 fully saturated rings. The Hall–Kier alpha value is -2.05. The van der Waals surface area contributed by atoms with Crippen LogP contribution in [0.3, 0.4) is 0 Å². The largest absolute Gasteiger partial charge is 0.507 e. The zero-order valence-corrected chi connectivity index (χ0v) is 24.3. The highest BCUT2D eigenvalue weighted by Gasteiger charge is 2.34. The highest BCUT2D eigenvalue weighted by atomic mass is 32.2. The second kappa shape index (κ2) is 11.6. The smallest absolute Gasteiger partial charge is 0.345 e. The first kappa shape index (κ1) is 30.2. The molecule has 0 saturated carbocycles. The Morgan fingerprint density at radius 1 is 0.944 bits per heavy atom. The van der Waals surface area contributed by atoms with E-state index in [1.807, 2.05) is 65.8 Å². The average Bonchev–Trinajstić information content (AvgIpc) is 2.75. The maximum Gasteiger partial charge on any atom is 0.345 e. The normalized spacial score (nSPS) is 15.4. The molecule has 0 spiro atoms. The van der Waals surface area contributed by atoms with Crippen LogP contribution in [0.25, 0.3) is 6.08 Å². The summed E-state index contributed by atoms with van der Waals surface area (Å²) in [7, 11) is -4.47. The summed E-state index contributed by atoms with van der Waals surface area (Å²) < 4.78 is 11.7. The van der Waals surface area contributed by atoms with E-state index in [4.69, 9.17) is 0 Å². The number of carbonyl (C=O) groups is 1. The van der Waals surface area contributed by atoms with Crippen molar-refractivity contribution < 1.29 is 24.3 Å². The zero-order chi connectivity index (χ0) is 27.5. The van der Waals surface area contributed by atoms with Crippen LogP contribution in [0.4, 0.5) is 5.69 Å². The van der Waals surface area contributed by atoms with Gasteiger partial charge in [0.15, 0.2) is 0 Å². The van der Waals surface area contributed by atoms with E-state index in [1.165, 1.54) is 24.6 Å². The zero-order valence-electron chi connectivity index (χ0n) is 22.6. The van der Waals surface area contributed by atoms with Gasteiger partial charge in [-0.2, -0.15) is 0 Å². The van der Waals surface area contributed by atoms with Gasteiger partial charge in [-0.1, -0.05) is 92.1 Å². The highest BCUT2D eigenvalue weighted by Crippen LogP contribution is 2.47. The van der Waals surface area contributed by atoms with Crippen LogP contribution in [-0.2, 0) is 20.2 Å². The maximum atomic E-state index is 13.2. The lowest BCUT2D eigenvalue weighted by Gasteiger charge is -2.31. The number of hydrogen-bond acceptors (Lipinski definition) is 4. The molecule has 1 heterocycles. The summed E-state index contributed by atoms with van der Waals surface area (Å²) in [4.78, 5) is 34.6. The number of benzene rings is 2. The van der Waals surface area contributed by atoms with Crippen LogP contribution in [0.15, 0.2) is 46.2 Å². The van der Waals surface area contributed by atoms with Crippen molar-refractivity contribution in [2.45, 2.75) is 84.0 Å². The van der Waals surface area contributed by atoms with Crippen LogP contribution in [0.5, 0.6) is 5.75 Å². The van der Waals surface area contributed by atoms with Crippen molar-refractivity contribution in [3.63, 3.8) is 0 Å². The quantitative estimate of drug-likeness (QED) is 0.280. The molecule has 2 aromatic rings. The summed E-state index contributed by atoms with van der Waals surface area (Å²) in [5, 5.41) is 11.0. The molecule has 198 valence electrons. The second-order valence-corrected chi connectivity index (χ2v) is 13.8. The summed E-state index contributed by atoms with van der Waals surface area (Å²) in [5.41, 5.74) is 2.15. The van der Waals surface area contributed by atoms with Gasteiger partial charge in [0, 0.05) is 16.0 Å². The molecule has 0 saturated heterocycles. The molecule has 1 aliphatic heterocycles. The molecule has 2 aromatic carbocycles. The fourth-order valence-electron chi connectivity index (χ4n) is 3.62. The van der Waals surface area contributed by atoms with Gasteiger partial charge < -0.3 is 14.9 Å². The minimum atomic E-state index is -4.47. The van der Waals surface area contributed by atoms with Gasteiger partial charge in [0.25, 0.3) is 5.91 Å². The Labute approximate surface area is 220 Å². The van der Waals surface area contributed by atoms with E-state index < -0.39 is 19.8 Å². The topological polar surface area (TPSA) is 98.1 Å². The number of fused-ring (bicyclic) bond motifs is 1. The van der Waals surface area contributed by atoms with Crippen LogP contribution in [0.1, 0.15) is 84.9 Å². The van der Waals surface area contributed by atoms with Crippen molar-refractivity contribution in [1.82, 2.24) is 0 Å². The van der Waals surface area contributed by atoms with Crippen molar-refractivity contribution in [3.8, 4) is 5.75 Å². The van der Waals surface area contributed by atoms with E-state index in [0.717, 1.165) is 26.5 Å². The minimum Gasteiger partial charge on any atom is -0.507 e. The minimum absolute atomic E-state index is 0.253. The Morgan fingerprint density at radius 3 is 1.89 bits per heavy atom.